The first-order valence-corrected chi connectivity index (χ1v) is 7.52. The molecule has 20 heavy (non-hydrogen) atoms. The van der Waals surface area contributed by atoms with Crippen LogP contribution in [-0.4, -0.2) is 21.9 Å². The third-order valence-corrected chi connectivity index (χ3v) is 3.80. The molecule has 104 valence electrons. The lowest BCUT2D eigenvalue weighted by atomic mass is 10.2. The van der Waals surface area contributed by atoms with Crippen molar-refractivity contribution in [3.8, 4) is 0 Å². The number of rotatable bonds is 5. The monoisotopic (exact) mass is 289 g/mol. The average molecular weight is 289 g/mol. The predicted molar refractivity (Wildman–Crippen MR) is 76.8 cm³/mol. The normalized spacial score (nSPS) is 14.2. The molecule has 1 fully saturated rings. The van der Waals surface area contributed by atoms with Crippen LogP contribution in [0.15, 0.2) is 33.9 Å². The molecule has 1 aliphatic carbocycles. The highest BCUT2D eigenvalue weighted by atomic mass is 32.2. The average Bonchev–Trinajstić information content (AvgIpc) is 3.16. The molecular weight excluding hydrogens is 274 g/mol. The predicted octanol–water partition coefficient (Wildman–Crippen LogP) is 2.99. The number of nitrogens with zero attached hydrogens (tertiary/aromatic N) is 2. The Morgan fingerprint density at radius 3 is 3.05 bits per heavy atom. The second-order valence-corrected chi connectivity index (χ2v) is 5.81. The maximum absolute atomic E-state index is 11.8. The fourth-order valence-corrected chi connectivity index (χ4v) is 2.39. The molecule has 1 saturated carbocycles. The van der Waals surface area contributed by atoms with Crippen LogP contribution < -0.4 is 5.32 Å². The summed E-state index contributed by atoms with van der Waals surface area (Å²) in [5.74, 6) is 1.33. The SMILES string of the molecule is Cc1cccc(NC(=O)CSc2nnc(C3CC3)o2)c1. The Morgan fingerprint density at radius 2 is 2.30 bits per heavy atom. The van der Waals surface area contributed by atoms with Gasteiger partial charge in [0.25, 0.3) is 5.22 Å². The van der Waals surface area contributed by atoms with Crippen LogP contribution >= 0.6 is 11.8 Å². The van der Waals surface area contributed by atoms with Gasteiger partial charge in [-0.1, -0.05) is 23.9 Å². The molecule has 0 radical (unpaired) electrons. The van der Waals surface area contributed by atoms with E-state index in [0.717, 1.165) is 24.1 Å². The fraction of sp³-hybridized carbons (Fsp3) is 0.357. The minimum Gasteiger partial charge on any atom is -0.416 e. The number of benzene rings is 1. The topological polar surface area (TPSA) is 68.0 Å². The van der Waals surface area contributed by atoms with E-state index in [1.54, 1.807) is 0 Å². The third kappa shape index (κ3) is 3.39. The van der Waals surface area contributed by atoms with Crippen LogP contribution in [0.25, 0.3) is 0 Å². The molecule has 0 spiro atoms. The number of amides is 1. The van der Waals surface area contributed by atoms with Gasteiger partial charge in [0, 0.05) is 11.6 Å². The molecule has 1 aromatic heterocycles. The van der Waals surface area contributed by atoms with Crippen molar-refractivity contribution < 1.29 is 9.21 Å². The number of hydrogen-bond donors (Lipinski definition) is 1. The van der Waals surface area contributed by atoms with Crippen molar-refractivity contribution in [1.82, 2.24) is 10.2 Å². The number of nitrogens with one attached hydrogen (secondary N) is 1. The van der Waals surface area contributed by atoms with Crippen LogP contribution in [0.3, 0.4) is 0 Å². The number of thioether (sulfide) groups is 1. The van der Waals surface area contributed by atoms with Crippen molar-refractivity contribution in [2.24, 2.45) is 0 Å². The summed E-state index contributed by atoms with van der Waals surface area (Å²) in [5, 5.41) is 11.2. The maximum Gasteiger partial charge on any atom is 0.277 e. The maximum atomic E-state index is 11.8. The molecule has 0 saturated heterocycles. The Morgan fingerprint density at radius 1 is 1.45 bits per heavy atom. The van der Waals surface area contributed by atoms with Gasteiger partial charge >= 0.3 is 0 Å². The quantitative estimate of drug-likeness (QED) is 0.857. The van der Waals surface area contributed by atoms with Gasteiger partial charge in [-0.05, 0) is 37.5 Å². The molecule has 1 aliphatic rings. The van der Waals surface area contributed by atoms with Crippen LogP contribution in [0.1, 0.15) is 30.2 Å². The molecule has 0 unspecified atom stereocenters. The number of hydrogen-bond acceptors (Lipinski definition) is 5. The molecule has 6 heteroatoms. The van der Waals surface area contributed by atoms with E-state index in [-0.39, 0.29) is 11.7 Å². The molecule has 5 nitrogen and oxygen atoms in total. The van der Waals surface area contributed by atoms with Crippen LogP contribution in [0.2, 0.25) is 0 Å². The summed E-state index contributed by atoms with van der Waals surface area (Å²) < 4.78 is 5.49. The van der Waals surface area contributed by atoms with Crippen molar-refractivity contribution in [3.05, 3.63) is 35.7 Å². The standard InChI is InChI=1S/C14H15N3O2S/c1-9-3-2-4-11(7-9)15-12(18)8-20-14-17-16-13(19-14)10-5-6-10/h2-4,7,10H,5-6,8H2,1H3,(H,15,18). The van der Waals surface area contributed by atoms with Crippen LogP contribution in [0, 0.1) is 6.92 Å². The first kappa shape index (κ1) is 13.2. The van der Waals surface area contributed by atoms with Gasteiger partial charge < -0.3 is 9.73 Å². The van der Waals surface area contributed by atoms with E-state index in [9.17, 15) is 4.79 Å². The first-order valence-electron chi connectivity index (χ1n) is 6.53. The number of anilines is 1. The van der Waals surface area contributed by atoms with E-state index in [2.05, 4.69) is 15.5 Å². The zero-order valence-electron chi connectivity index (χ0n) is 11.1. The van der Waals surface area contributed by atoms with Gasteiger partial charge in [-0.2, -0.15) is 0 Å². The van der Waals surface area contributed by atoms with Crippen LogP contribution in [0.4, 0.5) is 5.69 Å². The van der Waals surface area contributed by atoms with Crippen LogP contribution in [0.5, 0.6) is 0 Å². The molecule has 0 aliphatic heterocycles. The smallest absolute Gasteiger partial charge is 0.277 e. The number of aryl methyl sites for hydroxylation is 1. The van der Waals surface area contributed by atoms with Crippen molar-refractivity contribution in [2.45, 2.75) is 30.9 Å². The summed E-state index contributed by atoms with van der Waals surface area (Å²) in [6.45, 7) is 1.99. The Hall–Kier alpha value is -1.82. The van der Waals surface area contributed by atoms with E-state index in [4.69, 9.17) is 4.42 Å². The Bertz CT molecular complexity index is 622. The van der Waals surface area contributed by atoms with Crippen LogP contribution in [-0.2, 0) is 4.79 Å². The minimum atomic E-state index is -0.0771. The van der Waals surface area contributed by atoms with E-state index in [1.807, 2.05) is 31.2 Å². The van der Waals surface area contributed by atoms with E-state index in [1.165, 1.54) is 11.8 Å². The lowest BCUT2D eigenvalue weighted by molar-refractivity contribution is -0.113. The zero-order chi connectivity index (χ0) is 13.9. The minimum absolute atomic E-state index is 0.0771. The first-order chi connectivity index (χ1) is 9.70. The summed E-state index contributed by atoms with van der Waals surface area (Å²) in [5.41, 5.74) is 1.92. The van der Waals surface area contributed by atoms with E-state index in [0.29, 0.717) is 17.0 Å². The Balaban J connectivity index is 1.51. The highest BCUT2D eigenvalue weighted by Gasteiger charge is 2.29. The van der Waals surface area contributed by atoms with Gasteiger partial charge in [-0.3, -0.25) is 4.79 Å². The molecular formula is C14H15N3O2S. The second kappa shape index (κ2) is 5.66. The molecule has 1 N–H and O–H groups in total. The molecule has 1 aromatic carbocycles. The van der Waals surface area contributed by atoms with Gasteiger partial charge in [0.15, 0.2) is 0 Å². The van der Waals surface area contributed by atoms with Crippen molar-refractivity contribution >= 4 is 23.4 Å². The molecule has 2 aromatic rings. The van der Waals surface area contributed by atoms with E-state index >= 15 is 0 Å². The fourth-order valence-electron chi connectivity index (χ4n) is 1.82. The molecule has 0 atom stereocenters. The molecule has 0 bridgehead atoms. The highest BCUT2D eigenvalue weighted by Crippen LogP contribution is 2.39. The van der Waals surface area contributed by atoms with Gasteiger partial charge in [0.05, 0.1) is 5.75 Å². The van der Waals surface area contributed by atoms with Crippen molar-refractivity contribution in [1.29, 1.82) is 0 Å². The van der Waals surface area contributed by atoms with Crippen molar-refractivity contribution in [2.75, 3.05) is 11.1 Å². The zero-order valence-corrected chi connectivity index (χ0v) is 11.9. The number of carbonyl (C=O) groups is 1. The number of carbonyl (C=O) groups excluding carboxylic acids is 1. The van der Waals surface area contributed by atoms with Gasteiger partial charge in [0.2, 0.25) is 11.8 Å². The summed E-state index contributed by atoms with van der Waals surface area (Å²) in [6, 6.07) is 7.70. The molecule has 1 heterocycles. The largest absolute Gasteiger partial charge is 0.416 e. The van der Waals surface area contributed by atoms with E-state index < -0.39 is 0 Å². The Labute approximate surface area is 121 Å². The second-order valence-electron chi connectivity index (χ2n) is 4.89. The van der Waals surface area contributed by atoms with Crippen molar-refractivity contribution in [3.63, 3.8) is 0 Å². The van der Waals surface area contributed by atoms with Gasteiger partial charge in [-0.25, -0.2) is 0 Å². The summed E-state index contributed by atoms with van der Waals surface area (Å²) in [4.78, 5) is 11.8. The molecule has 3 rings (SSSR count). The third-order valence-electron chi connectivity index (χ3n) is 2.98. The lowest BCUT2D eigenvalue weighted by Crippen LogP contribution is -2.13. The summed E-state index contributed by atoms with van der Waals surface area (Å²) >= 11 is 1.27. The Kier molecular flexibility index (Phi) is 3.73. The summed E-state index contributed by atoms with van der Waals surface area (Å²) in [6.07, 6.45) is 2.25. The van der Waals surface area contributed by atoms with Gasteiger partial charge in [-0.15, -0.1) is 10.2 Å². The molecule has 1 amide bonds. The summed E-state index contributed by atoms with van der Waals surface area (Å²) in [7, 11) is 0. The lowest BCUT2D eigenvalue weighted by Gasteiger charge is -2.04. The highest BCUT2D eigenvalue weighted by molar-refractivity contribution is 7.99. The van der Waals surface area contributed by atoms with Gasteiger partial charge in [0.1, 0.15) is 0 Å². The number of aromatic nitrogens is 2.